The topological polar surface area (TPSA) is 42.0 Å². The first-order valence-corrected chi connectivity index (χ1v) is 7.51. The minimum absolute atomic E-state index is 0.209. The fraction of sp³-hybridized carbons (Fsp3) is 0.250. The molecule has 104 valence electrons. The third-order valence-electron chi connectivity index (χ3n) is 3.00. The summed E-state index contributed by atoms with van der Waals surface area (Å²) in [6, 6.07) is 11.6. The molecular formula is C16H17BrN2O. The minimum Gasteiger partial charge on any atom is -0.321 e. The summed E-state index contributed by atoms with van der Waals surface area (Å²) in [6.07, 6.45) is 5.06. The van der Waals surface area contributed by atoms with Gasteiger partial charge in [0.2, 0.25) is 0 Å². The summed E-state index contributed by atoms with van der Waals surface area (Å²) in [5.74, 6) is -0.209. The van der Waals surface area contributed by atoms with Gasteiger partial charge in [0.05, 0.1) is 0 Å². The highest BCUT2D eigenvalue weighted by Gasteiger charge is 2.10. The van der Waals surface area contributed by atoms with Crippen LogP contribution in [0.25, 0.3) is 0 Å². The van der Waals surface area contributed by atoms with Gasteiger partial charge in [0.1, 0.15) is 5.69 Å². The molecule has 0 bridgehead atoms. The molecular weight excluding hydrogens is 316 g/mol. The number of benzene rings is 1. The smallest absolute Gasteiger partial charge is 0.275 e. The highest BCUT2D eigenvalue weighted by Crippen LogP contribution is 2.16. The van der Waals surface area contributed by atoms with Gasteiger partial charge in [0.25, 0.3) is 5.91 Å². The zero-order chi connectivity index (χ0) is 14.4. The largest absolute Gasteiger partial charge is 0.321 e. The molecule has 3 nitrogen and oxygen atoms in total. The number of amides is 1. The van der Waals surface area contributed by atoms with E-state index in [9.17, 15) is 4.79 Å². The zero-order valence-corrected chi connectivity index (χ0v) is 13.0. The second kappa shape index (κ2) is 7.20. The molecule has 1 aromatic heterocycles. The lowest BCUT2D eigenvalue weighted by atomic mass is 10.1. The summed E-state index contributed by atoms with van der Waals surface area (Å²) >= 11 is 3.33. The van der Waals surface area contributed by atoms with E-state index in [1.807, 2.05) is 12.1 Å². The normalized spacial score (nSPS) is 10.3. The predicted molar refractivity (Wildman–Crippen MR) is 84.9 cm³/mol. The minimum atomic E-state index is -0.209. The van der Waals surface area contributed by atoms with E-state index < -0.39 is 0 Å². The van der Waals surface area contributed by atoms with E-state index in [-0.39, 0.29) is 5.91 Å². The van der Waals surface area contributed by atoms with Crippen molar-refractivity contribution in [1.29, 1.82) is 0 Å². The SMILES string of the molecule is CCCCc1ccc(NC(=O)c2ncccc2Br)cc1. The molecule has 2 aromatic rings. The van der Waals surface area contributed by atoms with Gasteiger partial charge in [-0.15, -0.1) is 0 Å². The van der Waals surface area contributed by atoms with Gasteiger partial charge in [-0.05, 0) is 58.6 Å². The van der Waals surface area contributed by atoms with Gasteiger partial charge in [-0.3, -0.25) is 4.79 Å². The number of halogens is 1. The second-order valence-electron chi connectivity index (χ2n) is 4.59. The Bertz CT molecular complexity index is 581. The van der Waals surface area contributed by atoms with E-state index in [0.717, 1.165) is 12.1 Å². The Morgan fingerprint density at radius 1 is 1.25 bits per heavy atom. The third kappa shape index (κ3) is 3.90. The van der Waals surface area contributed by atoms with Crippen molar-refractivity contribution in [2.45, 2.75) is 26.2 Å². The zero-order valence-electron chi connectivity index (χ0n) is 11.4. The van der Waals surface area contributed by atoms with Gasteiger partial charge in [-0.2, -0.15) is 0 Å². The molecule has 0 spiro atoms. The Morgan fingerprint density at radius 3 is 2.65 bits per heavy atom. The number of hydrogen-bond acceptors (Lipinski definition) is 2. The number of carbonyl (C=O) groups is 1. The lowest BCUT2D eigenvalue weighted by molar-refractivity contribution is 0.102. The first-order valence-electron chi connectivity index (χ1n) is 6.71. The molecule has 0 saturated heterocycles. The summed E-state index contributed by atoms with van der Waals surface area (Å²) < 4.78 is 0.692. The third-order valence-corrected chi connectivity index (χ3v) is 3.64. The van der Waals surface area contributed by atoms with E-state index in [1.165, 1.54) is 18.4 Å². The summed E-state index contributed by atoms with van der Waals surface area (Å²) in [7, 11) is 0. The Hall–Kier alpha value is -1.68. The van der Waals surface area contributed by atoms with Crippen LogP contribution < -0.4 is 5.32 Å². The van der Waals surface area contributed by atoms with Crippen LogP contribution in [0.2, 0.25) is 0 Å². The van der Waals surface area contributed by atoms with Crippen LogP contribution in [0.1, 0.15) is 35.8 Å². The quantitative estimate of drug-likeness (QED) is 0.879. The fourth-order valence-electron chi connectivity index (χ4n) is 1.88. The van der Waals surface area contributed by atoms with Crippen LogP contribution in [0.4, 0.5) is 5.69 Å². The molecule has 0 aliphatic carbocycles. The first-order chi connectivity index (χ1) is 9.70. The number of pyridine rings is 1. The summed E-state index contributed by atoms with van der Waals surface area (Å²) in [6.45, 7) is 2.18. The molecule has 2 rings (SSSR count). The van der Waals surface area contributed by atoms with Crippen LogP contribution >= 0.6 is 15.9 Å². The summed E-state index contributed by atoms with van der Waals surface area (Å²) in [5, 5.41) is 2.85. The molecule has 0 atom stereocenters. The maximum absolute atomic E-state index is 12.1. The number of unbranched alkanes of at least 4 members (excludes halogenated alkanes) is 1. The monoisotopic (exact) mass is 332 g/mol. The highest BCUT2D eigenvalue weighted by molar-refractivity contribution is 9.10. The number of anilines is 1. The van der Waals surface area contributed by atoms with Crippen LogP contribution in [0, 0.1) is 0 Å². The van der Waals surface area contributed by atoms with Gasteiger partial charge >= 0.3 is 0 Å². The van der Waals surface area contributed by atoms with Crippen molar-refractivity contribution in [3.63, 3.8) is 0 Å². The lowest BCUT2D eigenvalue weighted by Gasteiger charge is -2.07. The number of aromatic nitrogens is 1. The average Bonchev–Trinajstić information content (AvgIpc) is 2.47. The van der Waals surface area contributed by atoms with Crippen molar-refractivity contribution in [3.05, 3.63) is 58.3 Å². The molecule has 0 saturated carbocycles. The number of aryl methyl sites for hydroxylation is 1. The van der Waals surface area contributed by atoms with E-state index in [2.05, 4.69) is 45.3 Å². The molecule has 0 aliphatic rings. The van der Waals surface area contributed by atoms with Crippen molar-refractivity contribution in [3.8, 4) is 0 Å². The summed E-state index contributed by atoms with van der Waals surface area (Å²) in [5.41, 5.74) is 2.47. The number of nitrogens with zero attached hydrogens (tertiary/aromatic N) is 1. The Morgan fingerprint density at radius 2 is 2.00 bits per heavy atom. The van der Waals surface area contributed by atoms with Crippen LogP contribution in [-0.2, 0) is 6.42 Å². The van der Waals surface area contributed by atoms with Crippen molar-refractivity contribution >= 4 is 27.5 Å². The van der Waals surface area contributed by atoms with Crippen LogP contribution in [0.15, 0.2) is 47.1 Å². The summed E-state index contributed by atoms with van der Waals surface area (Å²) in [4.78, 5) is 16.2. The molecule has 20 heavy (non-hydrogen) atoms. The second-order valence-corrected chi connectivity index (χ2v) is 5.44. The maximum Gasteiger partial charge on any atom is 0.275 e. The number of nitrogens with one attached hydrogen (secondary N) is 1. The van der Waals surface area contributed by atoms with E-state index in [0.29, 0.717) is 10.2 Å². The van der Waals surface area contributed by atoms with Crippen molar-refractivity contribution in [1.82, 2.24) is 4.98 Å². The van der Waals surface area contributed by atoms with Crippen LogP contribution in [0.3, 0.4) is 0 Å². The lowest BCUT2D eigenvalue weighted by Crippen LogP contribution is -2.14. The highest BCUT2D eigenvalue weighted by atomic mass is 79.9. The van der Waals surface area contributed by atoms with E-state index >= 15 is 0 Å². The molecule has 0 aliphatic heterocycles. The molecule has 1 aromatic carbocycles. The molecule has 0 fully saturated rings. The van der Waals surface area contributed by atoms with Crippen molar-refractivity contribution < 1.29 is 4.79 Å². The Labute approximate surface area is 127 Å². The molecule has 1 N–H and O–H groups in total. The molecule has 1 amide bonds. The van der Waals surface area contributed by atoms with Gasteiger partial charge in [0, 0.05) is 16.4 Å². The Kier molecular flexibility index (Phi) is 5.30. The number of hydrogen-bond donors (Lipinski definition) is 1. The van der Waals surface area contributed by atoms with Gasteiger partial charge in [-0.1, -0.05) is 25.5 Å². The molecule has 1 heterocycles. The van der Waals surface area contributed by atoms with Gasteiger partial charge in [-0.25, -0.2) is 4.98 Å². The number of rotatable bonds is 5. The van der Waals surface area contributed by atoms with E-state index in [4.69, 9.17) is 0 Å². The van der Waals surface area contributed by atoms with E-state index in [1.54, 1.807) is 18.3 Å². The molecule has 4 heteroatoms. The van der Waals surface area contributed by atoms with Crippen LogP contribution in [0.5, 0.6) is 0 Å². The fourth-order valence-corrected chi connectivity index (χ4v) is 2.31. The molecule has 0 radical (unpaired) electrons. The average molecular weight is 333 g/mol. The van der Waals surface area contributed by atoms with Crippen molar-refractivity contribution in [2.75, 3.05) is 5.32 Å². The van der Waals surface area contributed by atoms with Crippen LogP contribution in [-0.4, -0.2) is 10.9 Å². The predicted octanol–water partition coefficient (Wildman–Crippen LogP) is 4.44. The standard InChI is InChI=1S/C16H17BrN2O/c1-2-3-5-12-7-9-13(10-8-12)19-16(20)15-14(17)6-4-11-18-15/h4,6-11H,2-3,5H2,1H3,(H,19,20). The van der Waals surface area contributed by atoms with Crippen molar-refractivity contribution in [2.24, 2.45) is 0 Å². The van der Waals surface area contributed by atoms with Gasteiger partial charge < -0.3 is 5.32 Å². The first kappa shape index (κ1) is 14.7. The maximum atomic E-state index is 12.1. The number of carbonyl (C=O) groups excluding carboxylic acids is 1. The van der Waals surface area contributed by atoms with Gasteiger partial charge in [0.15, 0.2) is 0 Å². The Balaban J connectivity index is 2.03. The molecule has 0 unspecified atom stereocenters.